The third kappa shape index (κ3) is 4.70. The molecule has 1 saturated carbocycles. The second-order valence-electron chi connectivity index (χ2n) is 6.00. The van der Waals surface area contributed by atoms with Gasteiger partial charge in [0.25, 0.3) is 5.91 Å². The Balaban J connectivity index is 1.92. The van der Waals surface area contributed by atoms with Crippen LogP contribution in [0, 0.1) is 5.92 Å². The molecule has 0 aliphatic heterocycles. The van der Waals surface area contributed by atoms with Gasteiger partial charge in [-0.3, -0.25) is 4.79 Å². The van der Waals surface area contributed by atoms with Crippen molar-refractivity contribution in [3.05, 3.63) is 28.5 Å². The van der Waals surface area contributed by atoms with Crippen molar-refractivity contribution in [3.63, 3.8) is 0 Å². The second-order valence-corrected chi connectivity index (χ2v) is 6.39. The van der Waals surface area contributed by atoms with E-state index in [9.17, 15) is 4.79 Å². The van der Waals surface area contributed by atoms with Crippen LogP contribution in [0.4, 0.5) is 0 Å². The van der Waals surface area contributed by atoms with Gasteiger partial charge in [-0.05, 0) is 50.2 Å². The number of rotatable bonds is 5. The Morgan fingerprint density at radius 2 is 2.00 bits per heavy atom. The van der Waals surface area contributed by atoms with Gasteiger partial charge in [0, 0.05) is 17.3 Å². The fourth-order valence-electron chi connectivity index (χ4n) is 3.14. The lowest BCUT2D eigenvalue weighted by Crippen LogP contribution is -2.37. The molecule has 4 heteroatoms. The van der Waals surface area contributed by atoms with Crippen LogP contribution in [0.15, 0.2) is 12.1 Å². The minimum atomic E-state index is -0.0204. The molecule has 1 fully saturated rings. The van der Waals surface area contributed by atoms with Crippen LogP contribution in [0.3, 0.4) is 0 Å². The maximum Gasteiger partial charge on any atom is 0.251 e. The molecule has 1 N–H and O–H groups in total. The first-order chi connectivity index (χ1) is 10.1. The molecule has 0 aromatic carbocycles. The summed E-state index contributed by atoms with van der Waals surface area (Å²) in [4.78, 5) is 16.5. The number of carbonyl (C=O) groups excluding carboxylic acids is 1. The van der Waals surface area contributed by atoms with Crippen LogP contribution in [0.25, 0.3) is 0 Å². The number of halogens is 1. The third-order valence-electron chi connectivity index (χ3n) is 4.35. The van der Waals surface area contributed by atoms with E-state index in [1.807, 2.05) is 13.0 Å². The maximum absolute atomic E-state index is 12.3. The molecule has 116 valence electrons. The van der Waals surface area contributed by atoms with Gasteiger partial charge in [-0.2, -0.15) is 0 Å². The van der Waals surface area contributed by atoms with E-state index in [0.29, 0.717) is 16.8 Å². The fourth-order valence-corrected chi connectivity index (χ4v) is 3.36. The summed E-state index contributed by atoms with van der Waals surface area (Å²) in [5.41, 5.74) is 1.49. The largest absolute Gasteiger partial charge is 0.349 e. The van der Waals surface area contributed by atoms with E-state index in [-0.39, 0.29) is 5.91 Å². The first-order valence-corrected chi connectivity index (χ1v) is 8.47. The predicted octanol–water partition coefficient (Wildman–Crippen LogP) is 4.39. The zero-order chi connectivity index (χ0) is 15.2. The van der Waals surface area contributed by atoms with Crippen molar-refractivity contribution >= 4 is 17.5 Å². The molecule has 1 aliphatic rings. The van der Waals surface area contributed by atoms with Gasteiger partial charge in [0.2, 0.25) is 0 Å². The number of pyridine rings is 1. The second kappa shape index (κ2) is 7.79. The van der Waals surface area contributed by atoms with E-state index < -0.39 is 0 Å². The van der Waals surface area contributed by atoms with Crippen LogP contribution in [0.2, 0.25) is 5.15 Å². The van der Waals surface area contributed by atoms with Crippen molar-refractivity contribution in [2.24, 2.45) is 5.92 Å². The van der Waals surface area contributed by atoms with Crippen molar-refractivity contribution in [1.29, 1.82) is 0 Å². The van der Waals surface area contributed by atoms with Gasteiger partial charge >= 0.3 is 0 Å². The van der Waals surface area contributed by atoms with Gasteiger partial charge in [0.1, 0.15) is 5.15 Å². The number of nitrogens with one attached hydrogen (secondary N) is 1. The Labute approximate surface area is 132 Å². The Morgan fingerprint density at radius 1 is 1.29 bits per heavy atom. The van der Waals surface area contributed by atoms with Crippen LogP contribution in [-0.2, 0) is 6.42 Å². The van der Waals surface area contributed by atoms with Crippen LogP contribution in [0.5, 0.6) is 0 Å². The van der Waals surface area contributed by atoms with E-state index in [0.717, 1.165) is 30.9 Å². The van der Waals surface area contributed by atoms with Gasteiger partial charge in [0.05, 0.1) is 0 Å². The zero-order valence-electron chi connectivity index (χ0n) is 13.0. The summed E-state index contributed by atoms with van der Waals surface area (Å²) >= 11 is 5.98. The molecule has 1 aromatic rings. The average Bonchev–Trinajstić information content (AvgIpc) is 2.48. The number of hydrogen-bond donors (Lipinski definition) is 1. The topological polar surface area (TPSA) is 42.0 Å². The normalized spacial score (nSPS) is 22.0. The SMILES string of the molecule is CCCC1CCC(NC(=O)c2cc(Cl)nc(CC)c2)CC1. The van der Waals surface area contributed by atoms with E-state index in [1.165, 1.54) is 25.7 Å². The summed E-state index contributed by atoms with van der Waals surface area (Å²) in [5, 5.41) is 3.55. The van der Waals surface area contributed by atoms with Gasteiger partial charge < -0.3 is 5.32 Å². The minimum Gasteiger partial charge on any atom is -0.349 e. The monoisotopic (exact) mass is 308 g/mol. The van der Waals surface area contributed by atoms with Crippen molar-refractivity contribution < 1.29 is 4.79 Å². The number of aryl methyl sites for hydroxylation is 1. The highest BCUT2D eigenvalue weighted by Crippen LogP contribution is 2.27. The van der Waals surface area contributed by atoms with Crippen molar-refractivity contribution in [2.45, 2.75) is 64.8 Å². The van der Waals surface area contributed by atoms with Crippen LogP contribution < -0.4 is 5.32 Å². The molecular formula is C17H25ClN2O. The molecule has 0 unspecified atom stereocenters. The molecule has 0 spiro atoms. The van der Waals surface area contributed by atoms with Crippen molar-refractivity contribution in [1.82, 2.24) is 10.3 Å². The lowest BCUT2D eigenvalue weighted by atomic mass is 9.83. The number of hydrogen-bond acceptors (Lipinski definition) is 2. The first kappa shape index (κ1) is 16.3. The van der Waals surface area contributed by atoms with Crippen molar-refractivity contribution in [3.8, 4) is 0 Å². The molecule has 1 aromatic heterocycles. The molecule has 1 heterocycles. The van der Waals surface area contributed by atoms with E-state index in [2.05, 4.69) is 17.2 Å². The first-order valence-electron chi connectivity index (χ1n) is 8.09. The number of nitrogens with zero attached hydrogens (tertiary/aromatic N) is 1. The van der Waals surface area contributed by atoms with E-state index in [1.54, 1.807) is 6.07 Å². The molecule has 21 heavy (non-hydrogen) atoms. The molecule has 0 radical (unpaired) electrons. The van der Waals surface area contributed by atoms with Gasteiger partial charge in [-0.15, -0.1) is 0 Å². The van der Waals surface area contributed by atoms with Gasteiger partial charge in [-0.1, -0.05) is 38.3 Å². The maximum atomic E-state index is 12.3. The molecule has 0 saturated heterocycles. The number of carbonyl (C=O) groups is 1. The minimum absolute atomic E-state index is 0.0204. The average molecular weight is 309 g/mol. The summed E-state index contributed by atoms with van der Waals surface area (Å²) in [6.45, 7) is 4.25. The lowest BCUT2D eigenvalue weighted by Gasteiger charge is -2.29. The highest BCUT2D eigenvalue weighted by molar-refractivity contribution is 6.29. The summed E-state index contributed by atoms with van der Waals surface area (Å²) in [7, 11) is 0. The fraction of sp³-hybridized carbons (Fsp3) is 0.647. The molecule has 0 bridgehead atoms. The van der Waals surface area contributed by atoms with Gasteiger partial charge in [0.15, 0.2) is 0 Å². The van der Waals surface area contributed by atoms with Crippen LogP contribution in [0.1, 0.15) is 68.4 Å². The standard InChI is InChI=1S/C17H25ClN2O/c1-3-5-12-6-8-15(9-7-12)20-17(21)13-10-14(4-2)19-16(18)11-13/h10-12,15H,3-9H2,1-2H3,(H,20,21). The van der Waals surface area contributed by atoms with Gasteiger partial charge in [-0.25, -0.2) is 4.98 Å². The number of aromatic nitrogens is 1. The van der Waals surface area contributed by atoms with Crippen LogP contribution in [-0.4, -0.2) is 16.9 Å². The Morgan fingerprint density at radius 3 is 2.62 bits per heavy atom. The lowest BCUT2D eigenvalue weighted by molar-refractivity contribution is 0.0921. The van der Waals surface area contributed by atoms with E-state index >= 15 is 0 Å². The van der Waals surface area contributed by atoms with E-state index in [4.69, 9.17) is 11.6 Å². The molecule has 1 aliphatic carbocycles. The van der Waals surface area contributed by atoms with Crippen LogP contribution >= 0.6 is 11.6 Å². The highest BCUT2D eigenvalue weighted by atomic mass is 35.5. The van der Waals surface area contributed by atoms with Crippen molar-refractivity contribution in [2.75, 3.05) is 0 Å². The molecule has 3 nitrogen and oxygen atoms in total. The number of amides is 1. The highest BCUT2D eigenvalue weighted by Gasteiger charge is 2.22. The quantitative estimate of drug-likeness (QED) is 0.820. The predicted molar refractivity (Wildman–Crippen MR) is 86.7 cm³/mol. The molecular weight excluding hydrogens is 284 g/mol. The Hall–Kier alpha value is -1.09. The summed E-state index contributed by atoms with van der Waals surface area (Å²) < 4.78 is 0. The molecule has 0 atom stereocenters. The summed E-state index contributed by atoms with van der Waals surface area (Å²) in [6.07, 6.45) is 8.01. The Kier molecular flexibility index (Phi) is 6.04. The zero-order valence-corrected chi connectivity index (χ0v) is 13.7. The molecule has 1 amide bonds. The third-order valence-corrected chi connectivity index (χ3v) is 4.54. The summed E-state index contributed by atoms with van der Waals surface area (Å²) in [5.74, 6) is 0.832. The Bertz CT molecular complexity index is 482. The summed E-state index contributed by atoms with van der Waals surface area (Å²) in [6, 6.07) is 3.80. The molecule has 2 rings (SSSR count). The smallest absolute Gasteiger partial charge is 0.251 e.